The summed E-state index contributed by atoms with van der Waals surface area (Å²) in [5, 5.41) is 19.7. The average Bonchev–Trinajstić information content (AvgIpc) is 2.42. The molecular weight excluding hydrogens is 260 g/mol. The highest BCUT2D eigenvalue weighted by Crippen LogP contribution is 2.36. The maximum absolute atomic E-state index is 9.85. The summed E-state index contributed by atoms with van der Waals surface area (Å²) in [6.07, 6.45) is 0.982. The molecule has 0 aromatic heterocycles. The van der Waals surface area contributed by atoms with Gasteiger partial charge in [-0.2, -0.15) is 0 Å². The lowest BCUT2D eigenvalue weighted by Crippen LogP contribution is -2.05. The lowest BCUT2D eigenvalue weighted by molar-refractivity contribution is 0.470. The minimum absolute atomic E-state index is 0.281. The molecule has 2 N–H and O–H groups in total. The van der Waals surface area contributed by atoms with E-state index in [1.807, 2.05) is 39.8 Å². The second-order valence-electron chi connectivity index (χ2n) is 5.95. The predicted octanol–water partition coefficient (Wildman–Crippen LogP) is 4.87. The van der Waals surface area contributed by atoms with Crippen molar-refractivity contribution in [2.75, 3.05) is 0 Å². The summed E-state index contributed by atoms with van der Waals surface area (Å²) in [5.74, 6) is 0.984. The fraction of sp³-hybridized carbons (Fsp3) is 0.368. The highest BCUT2D eigenvalue weighted by molar-refractivity contribution is 5.49. The van der Waals surface area contributed by atoms with Crippen LogP contribution >= 0.6 is 0 Å². The summed E-state index contributed by atoms with van der Waals surface area (Å²) in [7, 11) is 0. The molecule has 0 aliphatic rings. The molecule has 0 unspecified atom stereocenters. The van der Waals surface area contributed by atoms with Crippen LogP contribution < -0.4 is 0 Å². The molecule has 0 amide bonds. The van der Waals surface area contributed by atoms with E-state index in [0.29, 0.717) is 11.5 Å². The van der Waals surface area contributed by atoms with Gasteiger partial charge in [0.1, 0.15) is 11.5 Å². The molecule has 2 nitrogen and oxygen atoms in total. The second-order valence-corrected chi connectivity index (χ2v) is 5.95. The smallest absolute Gasteiger partial charge is 0.118 e. The number of benzene rings is 2. The van der Waals surface area contributed by atoms with Gasteiger partial charge in [0.15, 0.2) is 0 Å². The van der Waals surface area contributed by atoms with Gasteiger partial charge in [-0.25, -0.2) is 0 Å². The number of phenolic OH excluding ortho intramolecular Hbond substituents is 2. The molecule has 2 rings (SSSR count). The molecule has 0 saturated heterocycles. The van der Waals surface area contributed by atoms with E-state index in [1.54, 1.807) is 0 Å². The highest BCUT2D eigenvalue weighted by Gasteiger charge is 2.18. The van der Waals surface area contributed by atoms with E-state index in [0.717, 1.165) is 28.7 Å². The second kappa shape index (κ2) is 5.80. The number of hydrogen-bond donors (Lipinski definition) is 2. The molecule has 0 bridgehead atoms. The topological polar surface area (TPSA) is 40.5 Å². The average molecular weight is 284 g/mol. The zero-order chi connectivity index (χ0) is 15.7. The number of rotatable bonds is 3. The molecule has 0 saturated carbocycles. The first-order chi connectivity index (χ1) is 9.85. The molecule has 0 radical (unpaired) electrons. The zero-order valence-electron chi connectivity index (χ0n) is 13.5. The molecular formula is C19H24O2. The van der Waals surface area contributed by atoms with Crippen molar-refractivity contribution >= 4 is 0 Å². The molecule has 0 heterocycles. The fourth-order valence-corrected chi connectivity index (χ4v) is 3.00. The van der Waals surface area contributed by atoms with E-state index in [9.17, 15) is 10.2 Å². The monoisotopic (exact) mass is 284 g/mol. The Bertz CT molecular complexity index is 614. The number of aryl methyl sites for hydroxylation is 4. The van der Waals surface area contributed by atoms with Gasteiger partial charge in [-0.05, 0) is 79.6 Å². The maximum atomic E-state index is 9.85. The molecule has 2 aromatic rings. The Morgan fingerprint density at radius 1 is 0.714 bits per heavy atom. The van der Waals surface area contributed by atoms with Crippen molar-refractivity contribution in [3.05, 3.63) is 57.6 Å². The first-order valence-electron chi connectivity index (χ1n) is 7.45. The van der Waals surface area contributed by atoms with Crippen LogP contribution in [0.4, 0.5) is 0 Å². The number of hydrogen-bond acceptors (Lipinski definition) is 2. The van der Waals surface area contributed by atoms with Crippen LogP contribution in [-0.2, 0) is 0 Å². The van der Waals surface area contributed by atoms with Gasteiger partial charge >= 0.3 is 0 Å². The minimum atomic E-state index is 0.281. The lowest BCUT2D eigenvalue weighted by Gasteiger charge is -2.22. The maximum Gasteiger partial charge on any atom is 0.118 e. The molecule has 2 heteroatoms. The SMILES string of the molecule is CCC(c1cc(C)c(O)cc1C)c1cc(C)c(O)cc1C. The van der Waals surface area contributed by atoms with Crippen molar-refractivity contribution in [1.29, 1.82) is 0 Å². The standard InChI is InChI=1S/C19H24O2/c1-6-15(16-7-13(4)18(20)9-11(16)2)17-8-14(5)19(21)10-12(17)3/h7-10,15,20-21H,6H2,1-5H3. The lowest BCUT2D eigenvalue weighted by atomic mass is 9.83. The molecule has 0 aliphatic carbocycles. The van der Waals surface area contributed by atoms with Crippen LogP contribution in [0.3, 0.4) is 0 Å². The largest absolute Gasteiger partial charge is 0.508 e. The van der Waals surface area contributed by atoms with E-state index in [-0.39, 0.29) is 5.92 Å². The van der Waals surface area contributed by atoms with Gasteiger partial charge in [-0.1, -0.05) is 19.1 Å². The van der Waals surface area contributed by atoms with Crippen LogP contribution in [0.2, 0.25) is 0 Å². The Labute approximate surface area is 127 Å². The number of aromatic hydroxyl groups is 2. The van der Waals surface area contributed by atoms with Gasteiger partial charge in [0.05, 0.1) is 0 Å². The van der Waals surface area contributed by atoms with Gasteiger partial charge in [-0.3, -0.25) is 0 Å². The Morgan fingerprint density at radius 2 is 1.10 bits per heavy atom. The fourth-order valence-electron chi connectivity index (χ4n) is 3.00. The van der Waals surface area contributed by atoms with Crippen molar-refractivity contribution in [2.45, 2.75) is 47.0 Å². The third-order valence-electron chi connectivity index (χ3n) is 4.33. The summed E-state index contributed by atoms with van der Waals surface area (Å²) >= 11 is 0. The van der Waals surface area contributed by atoms with Gasteiger partial charge in [0.25, 0.3) is 0 Å². The highest BCUT2D eigenvalue weighted by atomic mass is 16.3. The molecule has 112 valence electrons. The zero-order valence-corrected chi connectivity index (χ0v) is 13.5. The van der Waals surface area contributed by atoms with Crippen LogP contribution in [0, 0.1) is 27.7 Å². The summed E-state index contributed by atoms with van der Waals surface area (Å²) in [6.45, 7) is 10.1. The van der Waals surface area contributed by atoms with Gasteiger partial charge in [0.2, 0.25) is 0 Å². The summed E-state index contributed by atoms with van der Waals surface area (Å²) < 4.78 is 0. The van der Waals surface area contributed by atoms with E-state index in [4.69, 9.17) is 0 Å². The van der Waals surface area contributed by atoms with Crippen molar-refractivity contribution in [3.8, 4) is 11.5 Å². The van der Waals surface area contributed by atoms with Crippen LogP contribution in [-0.4, -0.2) is 10.2 Å². The summed E-state index contributed by atoms with van der Waals surface area (Å²) in [5.41, 5.74) is 6.52. The van der Waals surface area contributed by atoms with Crippen molar-refractivity contribution in [1.82, 2.24) is 0 Å². The normalized spacial score (nSPS) is 11.1. The first kappa shape index (κ1) is 15.4. The van der Waals surface area contributed by atoms with Crippen LogP contribution in [0.5, 0.6) is 11.5 Å². The van der Waals surface area contributed by atoms with Crippen LogP contribution in [0.15, 0.2) is 24.3 Å². The summed E-state index contributed by atoms with van der Waals surface area (Å²) in [4.78, 5) is 0. The molecule has 0 fully saturated rings. The Balaban J connectivity index is 2.60. The predicted molar refractivity (Wildman–Crippen MR) is 87.3 cm³/mol. The van der Waals surface area contributed by atoms with E-state index in [1.165, 1.54) is 11.1 Å². The van der Waals surface area contributed by atoms with Gasteiger partial charge in [0, 0.05) is 5.92 Å². The van der Waals surface area contributed by atoms with E-state index >= 15 is 0 Å². The van der Waals surface area contributed by atoms with Gasteiger partial charge in [-0.15, -0.1) is 0 Å². The first-order valence-corrected chi connectivity index (χ1v) is 7.45. The number of phenols is 2. The quantitative estimate of drug-likeness (QED) is 0.844. The van der Waals surface area contributed by atoms with Gasteiger partial charge < -0.3 is 10.2 Å². The Hall–Kier alpha value is -1.96. The van der Waals surface area contributed by atoms with Crippen molar-refractivity contribution < 1.29 is 10.2 Å². The third kappa shape index (κ3) is 2.90. The molecule has 0 aliphatic heterocycles. The molecule has 2 aromatic carbocycles. The summed E-state index contributed by atoms with van der Waals surface area (Å²) in [6, 6.07) is 7.85. The molecule has 21 heavy (non-hydrogen) atoms. The Morgan fingerprint density at radius 3 is 1.43 bits per heavy atom. The van der Waals surface area contributed by atoms with Crippen molar-refractivity contribution in [3.63, 3.8) is 0 Å². The molecule has 0 atom stereocenters. The Kier molecular flexibility index (Phi) is 4.26. The third-order valence-corrected chi connectivity index (χ3v) is 4.33. The van der Waals surface area contributed by atoms with E-state index in [2.05, 4.69) is 19.1 Å². The van der Waals surface area contributed by atoms with E-state index < -0.39 is 0 Å². The van der Waals surface area contributed by atoms with Crippen LogP contribution in [0.25, 0.3) is 0 Å². The molecule has 0 spiro atoms. The van der Waals surface area contributed by atoms with Crippen LogP contribution in [0.1, 0.15) is 52.6 Å². The van der Waals surface area contributed by atoms with Crippen molar-refractivity contribution in [2.24, 2.45) is 0 Å². The minimum Gasteiger partial charge on any atom is -0.508 e.